The number of hydrogen-bond acceptors (Lipinski definition) is 8. The molecular weight excluding hydrogens is 448 g/mol. The molecule has 0 radical (unpaired) electrons. The lowest BCUT2D eigenvalue weighted by atomic mass is 10.1. The lowest BCUT2D eigenvalue weighted by Crippen LogP contribution is -2.99. The van der Waals surface area contributed by atoms with Crippen LogP contribution in [0, 0.1) is 5.21 Å². The van der Waals surface area contributed by atoms with Gasteiger partial charge in [0.25, 0.3) is 10.0 Å². The highest BCUT2D eigenvalue weighted by Gasteiger charge is 2.17. The average molecular weight is 468 g/mol. The first-order valence-corrected chi connectivity index (χ1v) is 11.2. The van der Waals surface area contributed by atoms with Gasteiger partial charge in [0, 0.05) is 35.5 Å². The highest BCUT2D eigenvalue weighted by atomic mass is 32.2. The number of nitrogens with zero attached hydrogens (tertiary/aromatic N) is 1. The summed E-state index contributed by atoms with van der Waals surface area (Å²) in [6, 6.07) is 16.0. The first-order valence-electron chi connectivity index (χ1n) is 9.74. The summed E-state index contributed by atoms with van der Waals surface area (Å²) in [5.74, 6) is -0.156. The topological polar surface area (TPSA) is 145 Å². The van der Waals surface area contributed by atoms with E-state index in [0.717, 1.165) is 12.3 Å². The zero-order chi connectivity index (χ0) is 23.8. The molecule has 1 unspecified atom stereocenters. The Morgan fingerprint density at radius 3 is 2.45 bits per heavy atom. The van der Waals surface area contributed by atoms with Crippen LogP contribution in [0.5, 0.6) is 5.75 Å². The lowest BCUT2D eigenvalue weighted by molar-refractivity contribution is -0.991. The molecule has 0 aliphatic rings. The van der Waals surface area contributed by atoms with Gasteiger partial charge in [-0.05, 0) is 36.4 Å². The molecule has 3 aromatic carbocycles. The summed E-state index contributed by atoms with van der Waals surface area (Å²) >= 11 is 0. The third kappa shape index (κ3) is 4.43. The Hall–Kier alpha value is -3.77. The number of methoxy groups -OCH3 is 1. The summed E-state index contributed by atoms with van der Waals surface area (Å²) in [4.78, 5) is 15.7. The molecule has 1 amide bonds. The molecule has 1 atom stereocenters. The maximum atomic E-state index is 12.2. The number of hydrogen-bond donors (Lipinski definition) is 4. The van der Waals surface area contributed by atoms with Crippen LogP contribution in [-0.4, -0.2) is 31.6 Å². The number of para-hydroxylation sites is 1. The van der Waals surface area contributed by atoms with E-state index in [9.17, 15) is 23.6 Å². The number of pyridine rings is 1. The Morgan fingerprint density at radius 2 is 1.82 bits per heavy atom. The summed E-state index contributed by atoms with van der Waals surface area (Å²) in [5, 5.41) is 24.4. The van der Waals surface area contributed by atoms with Gasteiger partial charge in [0.2, 0.25) is 5.91 Å². The molecule has 33 heavy (non-hydrogen) atoms. The van der Waals surface area contributed by atoms with E-state index < -0.39 is 21.2 Å². The molecule has 0 fully saturated rings. The smallest absolute Gasteiger partial charge is 0.264 e. The minimum absolute atomic E-state index is 0.0551. The number of rotatable bonds is 6. The largest absolute Gasteiger partial charge is 0.595 e. The van der Waals surface area contributed by atoms with Gasteiger partial charge in [0.05, 0.1) is 23.2 Å². The number of sulfonamides is 1. The van der Waals surface area contributed by atoms with Crippen LogP contribution in [0.3, 0.4) is 0 Å². The van der Waals surface area contributed by atoms with E-state index in [4.69, 9.17) is 4.74 Å². The van der Waals surface area contributed by atoms with E-state index in [2.05, 4.69) is 10.3 Å². The van der Waals surface area contributed by atoms with Crippen molar-refractivity contribution in [2.45, 2.75) is 11.8 Å². The number of ether oxygens (including phenoxy) is 1. The van der Waals surface area contributed by atoms with Crippen LogP contribution >= 0.6 is 0 Å². The van der Waals surface area contributed by atoms with Crippen LogP contribution in [0.2, 0.25) is 0 Å². The predicted molar refractivity (Wildman–Crippen MR) is 122 cm³/mol. The third-order valence-corrected chi connectivity index (χ3v) is 6.40. The van der Waals surface area contributed by atoms with Crippen LogP contribution in [0.4, 0.5) is 17.1 Å². The standard InChI is InChI=1S/C22H20N4O6S/c1-13(27)25-33(30,31)16-9-6-14(7-10-16)23-21-17-11-8-15(26(28)29)12-19(17)24-22-18(21)4-3-5-20(22)32-2/h3-12,26,28H,1-2H3,(H,23,24)(H,25,27). The molecule has 4 rings (SSSR count). The van der Waals surface area contributed by atoms with E-state index in [1.807, 2.05) is 16.9 Å². The normalized spacial score (nSPS) is 12.5. The second-order valence-electron chi connectivity index (χ2n) is 7.19. The van der Waals surface area contributed by atoms with Crippen molar-refractivity contribution in [2.24, 2.45) is 0 Å². The Balaban J connectivity index is 1.84. The van der Waals surface area contributed by atoms with Crippen molar-refractivity contribution < 1.29 is 28.4 Å². The number of benzene rings is 3. The van der Waals surface area contributed by atoms with Gasteiger partial charge in [-0.25, -0.2) is 23.3 Å². The maximum absolute atomic E-state index is 12.2. The number of fused-ring (bicyclic) bond motifs is 2. The molecule has 0 saturated carbocycles. The van der Waals surface area contributed by atoms with Crippen molar-refractivity contribution in [1.29, 1.82) is 0 Å². The van der Waals surface area contributed by atoms with Crippen LogP contribution in [0.15, 0.2) is 65.6 Å². The fraction of sp³-hybridized carbons (Fsp3) is 0.0909. The Kier molecular flexibility index (Phi) is 5.87. The fourth-order valence-electron chi connectivity index (χ4n) is 3.48. The van der Waals surface area contributed by atoms with Gasteiger partial charge < -0.3 is 15.3 Å². The van der Waals surface area contributed by atoms with E-state index in [-0.39, 0.29) is 10.6 Å². The Labute approximate surface area is 189 Å². The van der Waals surface area contributed by atoms with E-state index in [0.29, 0.717) is 33.5 Å². The van der Waals surface area contributed by atoms with Gasteiger partial charge in [-0.2, -0.15) is 5.23 Å². The van der Waals surface area contributed by atoms with Crippen LogP contribution < -0.4 is 20.0 Å². The highest BCUT2D eigenvalue weighted by molar-refractivity contribution is 7.90. The average Bonchev–Trinajstić information content (AvgIpc) is 2.77. The molecule has 0 aliphatic carbocycles. The second-order valence-corrected chi connectivity index (χ2v) is 8.87. The number of quaternary nitrogens is 1. The molecule has 4 aromatic rings. The SMILES string of the molecule is COc1cccc2c(Nc3ccc(S(=O)(=O)NC(C)=O)cc3)c3ccc([NH+]([O-])O)cc3nc12. The van der Waals surface area contributed by atoms with Crippen molar-refractivity contribution in [2.75, 3.05) is 12.4 Å². The van der Waals surface area contributed by atoms with Gasteiger partial charge in [0.1, 0.15) is 11.3 Å². The summed E-state index contributed by atoms with van der Waals surface area (Å²) in [6.07, 6.45) is 0. The van der Waals surface area contributed by atoms with Crippen molar-refractivity contribution >= 4 is 54.8 Å². The quantitative estimate of drug-likeness (QED) is 0.249. The number of carbonyl (C=O) groups excluding carboxylic acids is 1. The van der Waals surface area contributed by atoms with E-state index >= 15 is 0 Å². The van der Waals surface area contributed by atoms with Crippen LogP contribution in [-0.2, 0) is 14.8 Å². The van der Waals surface area contributed by atoms with Gasteiger partial charge in [0.15, 0.2) is 5.69 Å². The predicted octanol–water partition coefficient (Wildman–Crippen LogP) is 2.37. The first kappa shape index (κ1) is 22.4. The summed E-state index contributed by atoms with van der Waals surface area (Å²) in [6.45, 7) is 1.12. The molecule has 11 heteroatoms. The number of nitrogens with one attached hydrogen (secondary N) is 3. The molecule has 1 aromatic heterocycles. The Morgan fingerprint density at radius 1 is 1.09 bits per heavy atom. The lowest BCUT2D eigenvalue weighted by Gasteiger charge is -2.17. The third-order valence-electron chi connectivity index (χ3n) is 4.95. The van der Waals surface area contributed by atoms with Gasteiger partial charge in [-0.3, -0.25) is 4.79 Å². The molecule has 0 bridgehead atoms. The monoisotopic (exact) mass is 468 g/mol. The molecule has 0 aliphatic heterocycles. The van der Waals surface area contributed by atoms with Crippen molar-refractivity contribution in [3.05, 3.63) is 65.9 Å². The molecule has 0 spiro atoms. The van der Waals surface area contributed by atoms with Crippen LogP contribution in [0.1, 0.15) is 6.92 Å². The minimum Gasteiger partial charge on any atom is -0.595 e. The fourth-order valence-corrected chi connectivity index (χ4v) is 4.47. The first-order chi connectivity index (χ1) is 15.7. The van der Waals surface area contributed by atoms with E-state index in [1.165, 1.54) is 31.4 Å². The molecular formula is C22H20N4O6S. The summed E-state index contributed by atoms with van der Waals surface area (Å²) < 4.78 is 31.8. The maximum Gasteiger partial charge on any atom is 0.264 e. The zero-order valence-electron chi connectivity index (χ0n) is 17.6. The second kappa shape index (κ2) is 8.64. The number of carbonyl (C=O) groups is 1. The Bertz CT molecular complexity index is 1470. The van der Waals surface area contributed by atoms with Gasteiger partial charge in [-0.1, -0.05) is 12.1 Å². The zero-order valence-corrected chi connectivity index (χ0v) is 18.4. The minimum atomic E-state index is -3.95. The van der Waals surface area contributed by atoms with Crippen molar-refractivity contribution in [3.63, 3.8) is 0 Å². The highest BCUT2D eigenvalue weighted by Crippen LogP contribution is 2.37. The number of aromatic nitrogens is 1. The summed E-state index contributed by atoms with van der Waals surface area (Å²) in [5.41, 5.74) is 2.34. The molecule has 0 saturated heterocycles. The van der Waals surface area contributed by atoms with Gasteiger partial charge in [-0.15, -0.1) is 0 Å². The molecule has 4 N–H and O–H groups in total. The number of anilines is 2. The van der Waals surface area contributed by atoms with Crippen LogP contribution in [0.25, 0.3) is 21.8 Å². The van der Waals surface area contributed by atoms with E-state index in [1.54, 1.807) is 24.3 Å². The summed E-state index contributed by atoms with van der Waals surface area (Å²) in [7, 11) is -2.43. The molecule has 10 nitrogen and oxygen atoms in total. The van der Waals surface area contributed by atoms with Crippen molar-refractivity contribution in [1.82, 2.24) is 9.71 Å². The van der Waals surface area contributed by atoms with Crippen molar-refractivity contribution in [3.8, 4) is 5.75 Å². The molecule has 1 heterocycles. The van der Waals surface area contributed by atoms with Gasteiger partial charge >= 0.3 is 0 Å². The number of amides is 1. The molecule has 170 valence electrons.